The SMILES string of the molecule is CCCCCCCCCCCCCCCCCC(=O)O[C@H](COC(=O)CCCCC)COP(=O)(O)OCC[N+](C)(C)C. The third-order valence-corrected chi connectivity index (χ3v) is 8.12. The van der Waals surface area contributed by atoms with Crippen molar-refractivity contribution in [1.82, 2.24) is 0 Å². The van der Waals surface area contributed by atoms with E-state index in [2.05, 4.69) is 6.92 Å². The van der Waals surface area contributed by atoms with E-state index < -0.39 is 32.5 Å². The summed E-state index contributed by atoms with van der Waals surface area (Å²) in [4.78, 5) is 34.5. The highest BCUT2D eigenvalue weighted by molar-refractivity contribution is 7.47. The van der Waals surface area contributed by atoms with Crippen LogP contribution >= 0.6 is 7.82 Å². The fourth-order valence-corrected chi connectivity index (χ4v) is 5.17. The summed E-state index contributed by atoms with van der Waals surface area (Å²) in [5, 5.41) is 0. The maximum atomic E-state index is 12.5. The summed E-state index contributed by atoms with van der Waals surface area (Å²) in [6.45, 7) is 4.23. The topological polar surface area (TPSA) is 108 Å². The number of carbonyl (C=O) groups is 2. The van der Waals surface area contributed by atoms with Crippen LogP contribution in [0.4, 0.5) is 0 Å². The number of phosphoric ester groups is 1. The number of hydrogen-bond donors (Lipinski definition) is 1. The molecule has 0 aromatic carbocycles. The second kappa shape index (κ2) is 26.4. The number of rotatable bonds is 30. The van der Waals surface area contributed by atoms with E-state index in [1.807, 2.05) is 28.1 Å². The minimum absolute atomic E-state index is 0.0351. The molecule has 0 aliphatic rings. The van der Waals surface area contributed by atoms with E-state index in [-0.39, 0.29) is 26.1 Å². The molecule has 9 nitrogen and oxygen atoms in total. The smallest absolute Gasteiger partial charge is 0.462 e. The molecule has 0 aromatic rings. The van der Waals surface area contributed by atoms with Gasteiger partial charge in [-0.2, -0.15) is 0 Å². The van der Waals surface area contributed by atoms with Gasteiger partial charge in [0.1, 0.15) is 19.8 Å². The first-order chi connectivity index (χ1) is 20.0. The Morgan fingerprint density at radius 2 is 1.07 bits per heavy atom. The van der Waals surface area contributed by atoms with Crippen LogP contribution in [0.5, 0.6) is 0 Å². The standard InChI is InChI=1S/C32H64NO8P/c1-6-8-10-11-12-13-14-15-16-17-18-19-20-21-23-25-32(35)41-30(28-38-31(34)24-22-9-7-2)29-40-42(36,37)39-27-26-33(3,4)5/h30H,6-29H2,1-5H3/p+1/t30-/m1/s1. The highest BCUT2D eigenvalue weighted by Gasteiger charge is 2.27. The third-order valence-electron chi connectivity index (χ3n) is 7.14. The first kappa shape index (κ1) is 41.0. The van der Waals surface area contributed by atoms with Crippen LogP contribution < -0.4 is 0 Å². The average Bonchev–Trinajstić information content (AvgIpc) is 2.91. The molecule has 0 spiro atoms. The predicted octanol–water partition coefficient (Wildman–Crippen LogP) is 8.12. The minimum atomic E-state index is -4.34. The van der Waals surface area contributed by atoms with Crippen LogP contribution in [0.2, 0.25) is 0 Å². The van der Waals surface area contributed by atoms with Gasteiger partial charge in [0, 0.05) is 12.8 Å². The van der Waals surface area contributed by atoms with E-state index in [0.29, 0.717) is 17.4 Å². The van der Waals surface area contributed by atoms with E-state index in [9.17, 15) is 19.0 Å². The molecule has 250 valence electrons. The lowest BCUT2D eigenvalue weighted by molar-refractivity contribution is -0.870. The zero-order valence-corrected chi connectivity index (χ0v) is 28.6. The van der Waals surface area contributed by atoms with E-state index >= 15 is 0 Å². The van der Waals surface area contributed by atoms with Crippen LogP contribution in [0.15, 0.2) is 0 Å². The number of esters is 2. The summed E-state index contributed by atoms with van der Waals surface area (Å²) in [7, 11) is 1.48. The summed E-state index contributed by atoms with van der Waals surface area (Å²) < 4.78 is 33.7. The van der Waals surface area contributed by atoms with Gasteiger partial charge in [-0.1, -0.05) is 117 Å². The van der Waals surface area contributed by atoms with Gasteiger partial charge in [-0.15, -0.1) is 0 Å². The van der Waals surface area contributed by atoms with Gasteiger partial charge < -0.3 is 18.9 Å². The van der Waals surface area contributed by atoms with Crippen molar-refractivity contribution in [1.29, 1.82) is 0 Å². The van der Waals surface area contributed by atoms with Crippen molar-refractivity contribution >= 4 is 19.8 Å². The maximum Gasteiger partial charge on any atom is 0.472 e. The normalized spacial score (nSPS) is 14.0. The van der Waals surface area contributed by atoms with Gasteiger partial charge >= 0.3 is 19.8 Å². The fourth-order valence-electron chi connectivity index (χ4n) is 4.42. The number of quaternary nitrogens is 1. The number of phosphoric acid groups is 1. The molecule has 1 unspecified atom stereocenters. The zero-order chi connectivity index (χ0) is 31.5. The van der Waals surface area contributed by atoms with Gasteiger partial charge in [-0.25, -0.2) is 4.57 Å². The van der Waals surface area contributed by atoms with Crippen molar-refractivity contribution in [3.8, 4) is 0 Å². The summed E-state index contributed by atoms with van der Waals surface area (Å²) in [5.74, 6) is -0.822. The molecule has 0 saturated carbocycles. The number of nitrogens with zero attached hydrogens (tertiary/aromatic N) is 1. The lowest BCUT2D eigenvalue weighted by Gasteiger charge is -2.24. The molecular formula is C32H65NO8P+. The van der Waals surface area contributed by atoms with Crippen molar-refractivity contribution in [3.63, 3.8) is 0 Å². The number of likely N-dealkylation sites (N-methyl/N-ethyl adjacent to an activating group) is 1. The van der Waals surface area contributed by atoms with Crippen LogP contribution in [0, 0.1) is 0 Å². The molecule has 0 heterocycles. The van der Waals surface area contributed by atoms with Crippen LogP contribution in [0.1, 0.15) is 142 Å². The number of carbonyl (C=O) groups excluding carboxylic acids is 2. The van der Waals surface area contributed by atoms with Crippen molar-refractivity contribution in [2.45, 2.75) is 148 Å². The Balaban J connectivity index is 4.26. The molecular weight excluding hydrogens is 557 g/mol. The second-order valence-electron chi connectivity index (χ2n) is 12.6. The van der Waals surface area contributed by atoms with Gasteiger partial charge in [-0.05, 0) is 12.8 Å². The molecule has 0 radical (unpaired) electrons. The molecule has 0 aromatic heterocycles. The molecule has 0 amide bonds. The van der Waals surface area contributed by atoms with Crippen LogP contribution in [0.25, 0.3) is 0 Å². The van der Waals surface area contributed by atoms with Gasteiger partial charge in [0.25, 0.3) is 0 Å². The molecule has 0 fully saturated rings. The van der Waals surface area contributed by atoms with Crippen LogP contribution in [-0.2, 0) is 32.7 Å². The van der Waals surface area contributed by atoms with E-state index in [1.54, 1.807) is 0 Å². The number of ether oxygens (including phenoxy) is 2. The van der Waals surface area contributed by atoms with Gasteiger partial charge in [0.2, 0.25) is 0 Å². The Morgan fingerprint density at radius 3 is 1.57 bits per heavy atom. The Morgan fingerprint density at radius 1 is 0.643 bits per heavy atom. The van der Waals surface area contributed by atoms with E-state index in [1.165, 1.54) is 77.0 Å². The molecule has 0 bridgehead atoms. The molecule has 0 aliphatic carbocycles. The monoisotopic (exact) mass is 622 g/mol. The molecule has 10 heteroatoms. The minimum Gasteiger partial charge on any atom is -0.462 e. The highest BCUT2D eigenvalue weighted by atomic mass is 31.2. The third kappa shape index (κ3) is 29.1. The second-order valence-corrected chi connectivity index (χ2v) is 14.0. The number of unbranched alkanes of at least 4 members (excludes halogenated alkanes) is 16. The summed E-state index contributed by atoms with van der Waals surface area (Å²) in [6, 6.07) is 0. The molecule has 1 N–H and O–H groups in total. The maximum absolute atomic E-state index is 12.5. The van der Waals surface area contributed by atoms with Crippen LogP contribution in [-0.4, -0.2) is 74.9 Å². The van der Waals surface area contributed by atoms with Crippen molar-refractivity contribution < 1.29 is 42.1 Å². The zero-order valence-electron chi connectivity index (χ0n) is 27.7. The molecule has 2 atom stereocenters. The average molecular weight is 623 g/mol. The number of hydrogen-bond acceptors (Lipinski definition) is 7. The molecule has 0 rings (SSSR count). The Hall–Kier alpha value is -0.990. The summed E-state index contributed by atoms with van der Waals surface area (Å²) in [5.41, 5.74) is 0. The predicted molar refractivity (Wildman–Crippen MR) is 169 cm³/mol. The Bertz CT molecular complexity index is 713. The van der Waals surface area contributed by atoms with Crippen LogP contribution in [0.3, 0.4) is 0 Å². The fraction of sp³-hybridized carbons (Fsp3) is 0.938. The largest absolute Gasteiger partial charge is 0.472 e. The van der Waals surface area contributed by atoms with Crippen molar-refractivity contribution in [3.05, 3.63) is 0 Å². The molecule has 42 heavy (non-hydrogen) atoms. The lowest BCUT2D eigenvalue weighted by Crippen LogP contribution is -2.37. The van der Waals surface area contributed by atoms with E-state index in [0.717, 1.165) is 32.1 Å². The first-order valence-corrected chi connectivity index (χ1v) is 18.3. The van der Waals surface area contributed by atoms with Gasteiger partial charge in [-0.3, -0.25) is 18.6 Å². The van der Waals surface area contributed by atoms with Crippen molar-refractivity contribution in [2.24, 2.45) is 0 Å². The van der Waals surface area contributed by atoms with E-state index in [4.69, 9.17) is 18.5 Å². The Kier molecular flexibility index (Phi) is 25.8. The Labute approximate surface area is 257 Å². The highest BCUT2D eigenvalue weighted by Crippen LogP contribution is 2.43. The molecule has 0 saturated heterocycles. The first-order valence-electron chi connectivity index (χ1n) is 16.8. The lowest BCUT2D eigenvalue weighted by atomic mass is 10.0. The van der Waals surface area contributed by atoms with Crippen molar-refractivity contribution in [2.75, 3.05) is 47.5 Å². The van der Waals surface area contributed by atoms with Gasteiger partial charge in [0.05, 0.1) is 27.7 Å². The molecule has 0 aliphatic heterocycles. The summed E-state index contributed by atoms with van der Waals surface area (Å²) in [6.07, 6.45) is 20.9. The quantitative estimate of drug-likeness (QED) is 0.0370. The summed E-state index contributed by atoms with van der Waals surface area (Å²) >= 11 is 0. The van der Waals surface area contributed by atoms with Gasteiger partial charge in [0.15, 0.2) is 6.10 Å².